The fourth-order valence-electron chi connectivity index (χ4n) is 3.10. The number of amides is 4. The molecule has 3 rings (SSSR count). The number of rotatable bonds is 2. The Morgan fingerprint density at radius 2 is 1.78 bits per heavy atom. The van der Waals surface area contributed by atoms with E-state index in [-0.39, 0.29) is 17.8 Å². The monoisotopic (exact) mass is 317 g/mol. The Balaban J connectivity index is 1.68. The van der Waals surface area contributed by atoms with Crippen LogP contribution in [0.15, 0.2) is 24.3 Å². The number of hydrogen-bond donors (Lipinski definition) is 1. The molecule has 2 aliphatic heterocycles. The van der Waals surface area contributed by atoms with Crippen molar-refractivity contribution < 1.29 is 19.1 Å². The molecule has 7 nitrogen and oxygen atoms in total. The molecule has 2 heterocycles. The minimum Gasteiger partial charge on any atom is -0.497 e. The average molecular weight is 317 g/mol. The van der Waals surface area contributed by atoms with Crippen LogP contribution in [0.1, 0.15) is 23.2 Å². The lowest BCUT2D eigenvalue weighted by molar-refractivity contribution is -0.131. The lowest BCUT2D eigenvalue weighted by atomic mass is 9.87. The SMILES string of the molecule is COc1ccc(C(=O)N2CCC3(CC2)NC(=O)N(C)C3=O)cc1. The van der Waals surface area contributed by atoms with Gasteiger partial charge in [-0.05, 0) is 37.1 Å². The number of benzene rings is 1. The maximum atomic E-state index is 12.5. The molecule has 0 atom stereocenters. The van der Waals surface area contributed by atoms with E-state index in [9.17, 15) is 14.4 Å². The predicted octanol–water partition coefficient (Wildman–Crippen LogP) is 0.852. The Morgan fingerprint density at radius 3 is 2.26 bits per heavy atom. The lowest BCUT2D eigenvalue weighted by Crippen LogP contribution is -2.55. The number of methoxy groups -OCH3 is 1. The molecule has 0 aliphatic carbocycles. The molecule has 1 spiro atoms. The molecule has 0 aromatic heterocycles. The number of nitrogens with one attached hydrogen (secondary N) is 1. The molecule has 23 heavy (non-hydrogen) atoms. The van der Waals surface area contributed by atoms with Crippen LogP contribution in [0.25, 0.3) is 0 Å². The van der Waals surface area contributed by atoms with Crippen molar-refractivity contribution in [2.45, 2.75) is 18.4 Å². The van der Waals surface area contributed by atoms with Gasteiger partial charge in [0, 0.05) is 25.7 Å². The number of imide groups is 1. The summed E-state index contributed by atoms with van der Waals surface area (Å²) in [4.78, 5) is 39.2. The number of likely N-dealkylation sites (tertiary alicyclic amines) is 1. The quantitative estimate of drug-likeness (QED) is 0.820. The summed E-state index contributed by atoms with van der Waals surface area (Å²) in [5.41, 5.74) is -0.261. The minimum atomic E-state index is -0.845. The topological polar surface area (TPSA) is 79.0 Å². The van der Waals surface area contributed by atoms with Gasteiger partial charge in [0.2, 0.25) is 0 Å². The number of nitrogens with zero attached hydrogens (tertiary/aromatic N) is 2. The van der Waals surface area contributed by atoms with Crippen LogP contribution in [-0.2, 0) is 4.79 Å². The van der Waals surface area contributed by atoms with Gasteiger partial charge in [0.05, 0.1) is 7.11 Å². The molecule has 0 radical (unpaired) electrons. The zero-order valence-corrected chi connectivity index (χ0v) is 13.2. The third kappa shape index (κ3) is 2.52. The van der Waals surface area contributed by atoms with Gasteiger partial charge in [0.25, 0.3) is 11.8 Å². The largest absolute Gasteiger partial charge is 0.497 e. The molecule has 0 unspecified atom stereocenters. The molecule has 1 aromatic rings. The number of piperidine rings is 1. The van der Waals surface area contributed by atoms with Gasteiger partial charge in [-0.3, -0.25) is 14.5 Å². The predicted molar refractivity (Wildman–Crippen MR) is 82.2 cm³/mol. The standard InChI is InChI=1S/C16H19N3O4/c1-18-14(21)16(17-15(18)22)7-9-19(10-8-16)13(20)11-3-5-12(23-2)6-4-11/h3-6H,7-10H2,1-2H3,(H,17,22). The van der Waals surface area contributed by atoms with E-state index in [1.165, 1.54) is 7.05 Å². The van der Waals surface area contributed by atoms with Crippen LogP contribution in [0, 0.1) is 0 Å². The zero-order valence-electron chi connectivity index (χ0n) is 13.2. The van der Waals surface area contributed by atoms with Gasteiger partial charge in [-0.1, -0.05) is 0 Å². The fourth-order valence-corrected chi connectivity index (χ4v) is 3.10. The fraction of sp³-hybridized carbons (Fsp3) is 0.438. The second kappa shape index (κ2) is 5.57. The van der Waals surface area contributed by atoms with Crippen molar-refractivity contribution in [3.63, 3.8) is 0 Å². The first-order valence-electron chi connectivity index (χ1n) is 7.50. The Morgan fingerprint density at radius 1 is 1.17 bits per heavy atom. The van der Waals surface area contributed by atoms with Crippen molar-refractivity contribution in [1.82, 2.24) is 15.1 Å². The Labute approximate surface area is 134 Å². The smallest absolute Gasteiger partial charge is 0.324 e. The first-order chi connectivity index (χ1) is 11.0. The maximum Gasteiger partial charge on any atom is 0.324 e. The summed E-state index contributed by atoms with van der Waals surface area (Å²) < 4.78 is 5.08. The van der Waals surface area contributed by atoms with Crippen molar-refractivity contribution in [1.29, 1.82) is 0 Å². The van der Waals surface area contributed by atoms with Gasteiger partial charge in [-0.15, -0.1) is 0 Å². The lowest BCUT2D eigenvalue weighted by Gasteiger charge is -2.37. The molecule has 0 bridgehead atoms. The van der Waals surface area contributed by atoms with E-state index in [1.807, 2.05) is 0 Å². The van der Waals surface area contributed by atoms with E-state index in [0.29, 0.717) is 37.2 Å². The molecular weight excluding hydrogens is 298 g/mol. The highest BCUT2D eigenvalue weighted by molar-refractivity contribution is 6.07. The van der Waals surface area contributed by atoms with Crippen LogP contribution in [0.4, 0.5) is 4.79 Å². The maximum absolute atomic E-state index is 12.5. The third-order valence-electron chi connectivity index (χ3n) is 4.61. The minimum absolute atomic E-state index is 0.0763. The molecule has 122 valence electrons. The highest BCUT2D eigenvalue weighted by Crippen LogP contribution is 2.29. The van der Waals surface area contributed by atoms with E-state index < -0.39 is 5.54 Å². The molecule has 0 saturated carbocycles. The first kappa shape index (κ1) is 15.3. The van der Waals surface area contributed by atoms with Gasteiger partial charge < -0.3 is 15.0 Å². The van der Waals surface area contributed by atoms with Crippen LogP contribution in [0.2, 0.25) is 0 Å². The second-order valence-corrected chi connectivity index (χ2v) is 5.90. The van der Waals surface area contributed by atoms with Crippen molar-refractivity contribution in [2.24, 2.45) is 0 Å². The Hall–Kier alpha value is -2.57. The van der Waals surface area contributed by atoms with Gasteiger partial charge >= 0.3 is 6.03 Å². The van der Waals surface area contributed by atoms with Crippen LogP contribution in [0.3, 0.4) is 0 Å². The normalized spacial score (nSPS) is 19.9. The molecule has 1 N–H and O–H groups in total. The number of carbonyl (C=O) groups excluding carboxylic acids is 3. The van der Waals surface area contributed by atoms with Crippen LogP contribution in [0.5, 0.6) is 5.75 Å². The van der Waals surface area contributed by atoms with Gasteiger partial charge in [0.15, 0.2) is 0 Å². The van der Waals surface area contributed by atoms with E-state index in [1.54, 1.807) is 36.3 Å². The molecule has 2 saturated heterocycles. The molecule has 7 heteroatoms. The van der Waals surface area contributed by atoms with E-state index >= 15 is 0 Å². The van der Waals surface area contributed by atoms with Crippen LogP contribution in [-0.4, -0.2) is 60.4 Å². The summed E-state index contributed by atoms with van der Waals surface area (Å²) in [7, 11) is 3.05. The second-order valence-electron chi connectivity index (χ2n) is 5.90. The highest BCUT2D eigenvalue weighted by Gasteiger charge is 2.51. The van der Waals surface area contributed by atoms with E-state index in [2.05, 4.69) is 5.32 Å². The summed E-state index contributed by atoms with van der Waals surface area (Å²) >= 11 is 0. The number of hydrogen-bond acceptors (Lipinski definition) is 4. The van der Waals surface area contributed by atoms with Gasteiger partial charge in [-0.25, -0.2) is 4.79 Å². The van der Waals surface area contributed by atoms with Crippen molar-refractivity contribution >= 4 is 17.8 Å². The number of likely N-dealkylation sites (N-methyl/N-ethyl adjacent to an activating group) is 1. The number of ether oxygens (including phenoxy) is 1. The summed E-state index contributed by atoms with van der Waals surface area (Å²) in [6.45, 7) is 0.870. The van der Waals surface area contributed by atoms with Gasteiger partial charge in [-0.2, -0.15) is 0 Å². The Bertz CT molecular complexity index is 648. The van der Waals surface area contributed by atoms with Crippen molar-refractivity contribution in [3.05, 3.63) is 29.8 Å². The Kier molecular flexibility index (Phi) is 3.71. The zero-order chi connectivity index (χ0) is 16.6. The summed E-state index contributed by atoms with van der Waals surface area (Å²) in [5, 5.41) is 2.77. The van der Waals surface area contributed by atoms with E-state index in [0.717, 1.165) is 4.90 Å². The number of carbonyl (C=O) groups is 3. The van der Waals surface area contributed by atoms with Crippen LogP contribution < -0.4 is 10.1 Å². The van der Waals surface area contributed by atoms with Crippen LogP contribution >= 0.6 is 0 Å². The first-order valence-corrected chi connectivity index (χ1v) is 7.50. The molecule has 4 amide bonds. The summed E-state index contributed by atoms with van der Waals surface area (Å²) in [5.74, 6) is 0.410. The average Bonchev–Trinajstić information content (AvgIpc) is 2.79. The molecule has 1 aromatic carbocycles. The molecule has 2 aliphatic rings. The van der Waals surface area contributed by atoms with Gasteiger partial charge in [0.1, 0.15) is 11.3 Å². The highest BCUT2D eigenvalue weighted by atomic mass is 16.5. The third-order valence-corrected chi connectivity index (χ3v) is 4.61. The molecular formula is C16H19N3O4. The van der Waals surface area contributed by atoms with Crippen molar-refractivity contribution in [2.75, 3.05) is 27.2 Å². The van der Waals surface area contributed by atoms with Crippen molar-refractivity contribution in [3.8, 4) is 5.75 Å². The summed E-state index contributed by atoms with van der Waals surface area (Å²) in [6.07, 6.45) is 0.869. The summed E-state index contributed by atoms with van der Waals surface area (Å²) in [6, 6.07) is 6.57. The molecule has 2 fully saturated rings. The number of urea groups is 1. The van der Waals surface area contributed by atoms with E-state index in [4.69, 9.17) is 4.74 Å².